The second-order valence-corrected chi connectivity index (χ2v) is 8.89. The van der Waals surface area contributed by atoms with E-state index in [0.717, 1.165) is 31.4 Å². The summed E-state index contributed by atoms with van der Waals surface area (Å²) in [4.78, 5) is 2.36. The van der Waals surface area contributed by atoms with E-state index >= 15 is 0 Å². The van der Waals surface area contributed by atoms with Crippen molar-refractivity contribution < 1.29 is 12.8 Å². The third kappa shape index (κ3) is 5.01. The van der Waals surface area contributed by atoms with Gasteiger partial charge >= 0.3 is 0 Å². The van der Waals surface area contributed by atoms with Crippen LogP contribution in [0, 0.1) is 5.82 Å². The zero-order valence-corrected chi connectivity index (χ0v) is 15.7. The normalized spacial score (nSPS) is 23.5. The van der Waals surface area contributed by atoms with Crippen molar-refractivity contribution in [3.8, 4) is 0 Å². The molecule has 0 saturated carbocycles. The summed E-state index contributed by atoms with van der Waals surface area (Å²) in [6.45, 7) is 8.15. The predicted octanol–water partition coefficient (Wildman–Crippen LogP) is 2.89. The van der Waals surface area contributed by atoms with Gasteiger partial charge in [0.1, 0.15) is 5.82 Å². The standard InChI is InChI=1S/C18H29FN2O2S/c1-4-5-12-24(22,23)20-13-15(2)21(16(3)14-20)11-10-17-6-8-18(19)9-7-17/h6-9,15-16H,4-5,10-14H2,1-3H3. The molecule has 4 nitrogen and oxygen atoms in total. The Morgan fingerprint density at radius 3 is 2.25 bits per heavy atom. The summed E-state index contributed by atoms with van der Waals surface area (Å²) < 4.78 is 39.5. The van der Waals surface area contributed by atoms with Crippen molar-refractivity contribution >= 4 is 10.0 Å². The molecule has 0 aromatic heterocycles. The number of hydrogen-bond acceptors (Lipinski definition) is 3. The van der Waals surface area contributed by atoms with Crippen molar-refractivity contribution in [3.05, 3.63) is 35.6 Å². The van der Waals surface area contributed by atoms with Gasteiger partial charge in [0.2, 0.25) is 10.0 Å². The molecule has 24 heavy (non-hydrogen) atoms. The van der Waals surface area contributed by atoms with E-state index in [1.165, 1.54) is 12.1 Å². The van der Waals surface area contributed by atoms with Crippen molar-refractivity contribution in [1.29, 1.82) is 0 Å². The third-order valence-corrected chi connectivity index (χ3v) is 6.68. The lowest BCUT2D eigenvalue weighted by atomic mass is 10.1. The van der Waals surface area contributed by atoms with E-state index in [9.17, 15) is 12.8 Å². The van der Waals surface area contributed by atoms with Crippen molar-refractivity contribution in [1.82, 2.24) is 9.21 Å². The van der Waals surface area contributed by atoms with E-state index in [4.69, 9.17) is 0 Å². The first kappa shape index (κ1) is 19.3. The van der Waals surface area contributed by atoms with Crippen molar-refractivity contribution in [3.63, 3.8) is 0 Å². The summed E-state index contributed by atoms with van der Waals surface area (Å²) in [7, 11) is -3.14. The molecule has 0 bridgehead atoms. The van der Waals surface area contributed by atoms with Crippen LogP contribution < -0.4 is 0 Å². The van der Waals surface area contributed by atoms with Crippen LogP contribution in [0.2, 0.25) is 0 Å². The quantitative estimate of drug-likeness (QED) is 0.754. The molecule has 1 saturated heterocycles. The van der Waals surface area contributed by atoms with Crippen LogP contribution in [-0.4, -0.2) is 55.1 Å². The number of halogens is 1. The van der Waals surface area contributed by atoms with E-state index in [1.54, 1.807) is 4.31 Å². The fourth-order valence-corrected chi connectivity index (χ4v) is 5.14. The van der Waals surface area contributed by atoms with Gasteiger partial charge in [-0.3, -0.25) is 4.90 Å². The Kier molecular flexibility index (Phi) is 6.78. The fraction of sp³-hybridized carbons (Fsp3) is 0.667. The van der Waals surface area contributed by atoms with Gasteiger partial charge in [-0.1, -0.05) is 25.5 Å². The van der Waals surface area contributed by atoms with Crippen LogP contribution in [0.15, 0.2) is 24.3 Å². The molecule has 0 amide bonds. The average Bonchev–Trinajstić information content (AvgIpc) is 2.53. The maximum Gasteiger partial charge on any atom is 0.214 e. The fourth-order valence-electron chi connectivity index (χ4n) is 3.34. The highest BCUT2D eigenvalue weighted by Gasteiger charge is 2.34. The van der Waals surface area contributed by atoms with Crippen LogP contribution in [-0.2, 0) is 16.4 Å². The monoisotopic (exact) mass is 356 g/mol. The van der Waals surface area contributed by atoms with Gasteiger partial charge in [0.15, 0.2) is 0 Å². The molecule has 0 aliphatic carbocycles. The Labute approximate surface area is 145 Å². The summed E-state index contributed by atoms with van der Waals surface area (Å²) in [6.07, 6.45) is 2.45. The van der Waals surface area contributed by atoms with Crippen LogP contribution in [0.25, 0.3) is 0 Å². The number of benzene rings is 1. The van der Waals surface area contributed by atoms with E-state index in [1.807, 2.05) is 19.1 Å². The average molecular weight is 357 g/mol. The maximum atomic E-state index is 13.0. The van der Waals surface area contributed by atoms with Crippen molar-refractivity contribution in [2.75, 3.05) is 25.4 Å². The lowest BCUT2D eigenvalue weighted by Gasteiger charge is -2.43. The van der Waals surface area contributed by atoms with Gasteiger partial charge < -0.3 is 0 Å². The predicted molar refractivity (Wildman–Crippen MR) is 96.0 cm³/mol. The van der Waals surface area contributed by atoms with Crippen molar-refractivity contribution in [2.45, 2.75) is 52.1 Å². The van der Waals surface area contributed by atoms with Crippen LogP contribution in [0.4, 0.5) is 4.39 Å². The highest BCUT2D eigenvalue weighted by molar-refractivity contribution is 7.89. The minimum absolute atomic E-state index is 0.186. The van der Waals surface area contributed by atoms with E-state index in [2.05, 4.69) is 18.7 Å². The van der Waals surface area contributed by atoms with E-state index in [-0.39, 0.29) is 23.7 Å². The largest absolute Gasteiger partial charge is 0.295 e. The van der Waals surface area contributed by atoms with Gasteiger partial charge in [0.05, 0.1) is 5.75 Å². The minimum Gasteiger partial charge on any atom is -0.295 e. The van der Waals surface area contributed by atoms with E-state index in [0.29, 0.717) is 13.1 Å². The van der Waals surface area contributed by atoms with Crippen LogP contribution in [0.5, 0.6) is 0 Å². The number of rotatable bonds is 7. The van der Waals surface area contributed by atoms with Gasteiger partial charge in [0, 0.05) is 31.7 Å². The molecule has 0 N–H and O–H groups in total. The lowest BCUT2D eigenvalue weighted by Crippen LogP contribution is -2.58. The Morgan fingerprint density at radius 2 is 1.71 bits per heavy atom. The molecule has 1 heterocycles. The summed E-state index contributed by atoms with van der Waals surface area (Å²) in [5.41, 5.74) is 1.11. The molecule has 1 aliphatic rings. The summed E-state index contributed by atoms with van der Waals surface area (Å²) in [6, 6.07) is 6.98. The van der Waals surface area contributed by atoms with Gasteiger partial charge in [-0.15, -0.1) is 0 Å². The first-order chi connectivity index (χ1) is 11.3. The van der Waals surface area contributed by atoms with Crippen LogP contribution in [0.1, 0.15) is 39.2 Å². The Hall–Kier alpha value is -0.980. The number of nitrogens with zero attached hydrogens (tertiary/aromatic N) is 2. The van der Waals surface area contributed by atoms with Gasteiger partial charge in [-0.05, 0) is 44.4 Å². The summed E-state index contributed by atoms with van der Waals surface area (Å²) in [5.74, 6) is 0.0322. The van der Waals surface area contributed by atoms with E-state index < -0.39 is 10.0 Å². The smallest absolute Gasteiger partial charge is 0.214 e. The van der Waals surface area contributed by atoms with Crippen LogP contribution >= 0.6 is 0 Å². The molecule has 1 aliphatic heterocycles. The second kappa shape index (κ2) is 8.41. The molecule has 0 radical (unpaired) electrons. The molecule has 1 aromatic rings. The highest BCUT2D eigenvalue weighted by atomic mass is 32.2. The first-order valence-electron chi connectivity index (χ1n) is 8.81. The van der Waals surface area contributed by atoms with Gasteiger partial charge in [-0.25, -0.2) is 12.8 Å². The molecule has 2 unspecified atom stereocenters. The molecule has 1 fully saturated rings. The van der Waals surface area contributed by atoms with Gasteiger partial charge in [-0.2, -0.15) is 4.31 Å². The number of hydrogen-bond donors (Lipinski definition) is 0. The second-order valence-electron chi connectivity index (χ2n) is 6.80. The number of sulfonamides is 1. The lowest BCUT2D eigenvalue weighted by molar-refractivity contribution is 0.0784. The summed E-state index contributed by atoms with van der Waals surface area (Å²) in [5, 5.41) is 0. The molecule has 1 aromatic carbocycles. The zero-order chi connectivity index (χ0) is 17.7. The molecule has 2 atom stereocenters. The van der Waals surface area contributed by atoms with Crippen molar-refractivity contribution in [2.24, 2.45) is 0 Å². The highest BCUT2D eigenvalue weighted by Crippen LogP contribution is 2.20. The zero-order valence-electron chi connectivity index (χ0n) is 14.9. The number of piperazine rings is 1. The Morgan fingerprint density at radius 1 is 1.12 bits per heavy atom. The van der Waals surface area contributed by atoms with Crippen LogP contribution in [0.3, 0.4) is 0 Å². The van der Waals surface area contributed by atoms with Gasteiger partial charge in [0.25, 0.3) is 0 Å². The molecular weight excluding hydrogens is 327 g/mol. The summed E-state index contributed by atoms with van der Waals surface area (Å²) >= 11 is 0. The molecule has 6 heteroatoms. The minimum atomic E-state index is -3.14. The number of unbranched alkanes of at least 4 members (excludes halogenated alkanes) is 1. The maximum absolute atomic E-state index is 13.0. The first-order valence-corrected chi connectivity index (χ1v) is 10.4. The molecule has 2 rings (SSSR count). The SMILES string of the molecule is CCCCS(=O)(=O)N1CC(C)N(CCc2ccc(F)cc2)C(C)C1. The third-order valence-electron chi connectivity index (χ3n) is 4.79. The molecular formula is C18H29FN2O2S. The Bertz CT molecular complexity index is 606. The Balaban J connectivity index is 1.94. The molecule has 0 spiro atoms. The topological polar surface area (TPSA) is 40.6 Å². The molecule has 136 valence electrons.